The highest BCUT2D eigenvalue weighted by Gasteiger charge is 2.35. The third kappa shape index (κ3) is 2.79. The number of aryl methyl sites for hydroxylation is 1. The fourth-order valence-corrected chi connectivity index (χ4v) is 1.72. The van der Waals surface area contributed by atoms with Crippen molar-refractivity contribution >= 4 is 5.97 Å². The van der Waals surface area contributed by atoms with Crippen molar-refractivity contribution in [3.05, 3.63) is 29.6 Å². The first-order valence-electron chi connectivity index (χ1n) is 5.54. The number of carbonyl (C=O) groups is 1. The van der Waals surface area contributed by atoms with Crippen LogP contribution in [0.2, 0.25) is 0 Å². The van der Waals surface area contributed by atoms with Crippen LogP contribution in [0.1, 0.15) is 24.1 Å². The largest absolute Gasteiger partial charge is 0.480 e. The van der Waals surface area contributed by atoms with Gasteiger partial charge in [0, 0.05) is 18.4 Å². The molecule has 1 fully saturated rings. The highest BCUT2D eigenvalue weighted by molar-refractivity contribution is 5.74. The molecule has 4 heteroatoms. The van der Waals surface area contributed by atoms with Crippen molar-refractivity contribution in [1.82, 2.24) is 10.3 Å². The Labute approximate surface area is 94.7 Å². The Morgan fingerprint density at radius 2 is 2.38 bits per heavy atom. The van der Waals surface area contributed by atoms with Crippen LogP contribution in [0, 0.1) is 12.8 Å². The SMILES string of the molecule is Cc1ccc(CNC(C(=O)O)C2CC2)cn1. The van der Waals surface area contributed by atoms with E-state index < -0.39 is 12.0 Å². The van der Waals surface area contributed by atoms with Gasteiger partial charge in [-0.1, -0.05) is 6.07 Å². The number of carboxylic acids is 1. The minimum absolute atomic E-state index is 0.316. The van der Waals surface area contributed by atoms with Gasteiger partial charge in [0.15, 0.2) is 0 Å². The Hall–Kier alpha value is -1.42. The maximum atomic E-state index is 11.0. The maximum Gasteiger partial charge on any atom is 0.320 e. The van der Waals surface area contributed by atoms with E-state index >= 15 is 0 Å². The van der Waals surface area contributed by atoms with Gasteiger partial charge in [-0.15, -0.1) is 0 Å². The fourth-order valence-electron chi connectivity index (χ4n) is 1.72. The lowest BCUT2D eigenvalue weighted by atomic mass is 10.1. The summed E-state index contributed by atoms with van der Waals surface area (Å²) in [5.41, 5.74) is 2.00. The summed E-state index contributed by atoms with van der Waals surface area (Å²) in [4.78, 5) is 15.2. The average molecular weight is 220 g/mol. The standard InChI is InChI=1S/C12H16N2O2/c1-8-2-3-9(6-13-8)7-14-11(12(15)16)10-4-5-10/h2-3,6,10-11,14H,4-5,7H2,1H3,(H,15,16). The molecule has 0 amide bonds. The third-order valence-corrected chi connectivity index (χ3v) is 2.86. The lowest BCUT2D eigenvalue weighted by molar-refractivity contribution is -0.140. The van der Waals surface area contributed by atoms with Crippen LogP contribution >= 0.6 is 0 Å². The summed E-state index contributed by atoms with van der Waals surface area (Å²) in [6.07, 6.45) is 3.83. The number of nitrogens with one attached hydrogen (secondary N) is 1. The molecule has 0 spiro atoms. The van der Waals surface area contributed by atoms with Gasteiger partial charge < -0.3 is 10.4 Å². The van der Waals surface area contributed by atoms with Crippen molar-refractivity contribution in [2.45, 2.75) is 32.4 Å². The van der Waals surface area contributed by atoms with Crippen molar-refractivity contribution < 1.29 is 9.90 Å². The molecule has 2 rings (SSSR count). The van der Waals surface area contributed by atoms with Gasteiger partial charge in [0.05, 0.1) is 0 Å². The molecule has 0 bridgehead atoms. The molecule has 0 radical (unpaired) electrons. The predicted octanol–water partition coefficient (Wildman–Crippen LogP) is 1.34. The van der Waals surface area contributed by atoms with E-state index in [-0.39, 0.29) is 0 Å². The van der Waals surface area contributed by atoms with E-state index in [4.69, 9.17) is 5.11 Å². The van der Waals surface area contributed by atoms with Crippen molar-refractivity contribution in [2.24, 2.45) is 5.92 Å². The Morgan fingerprint density at radius 3 is 2.88 bits per heavy atom. The Kier molecular flexibility index (Phi) is 3.19. The number of rotatable bonds is 5. The van der Waals surface area contributed by atoms with E-state index in [0.717, 1.165) is 24.1 Å². The molecule has 0 aromatic carbocycles. The van der Waals surface area contributed by atoms with Gasteiger partial charge in [0.25, 0.3) is 0 Å². The molecule has 1 aromatic heterocycles. The van der Waals surface area contributed by atoms with E-state index in [1.165, 1.54) is 0 Å². The van der Waals surface area contributed by atoms with Gasteiger partial charge in [-0.25, -0.2) is 0 Å². The number of aromatic nitrogens is 1. The number of hydrogen-bond acceptors (Lipinski definition) is 3. The van der Waals surface area contributed by atoms with E-state index in [1.807, 2.05) is 19.1 Å². The number of nitrogens with zero attached hydrogens (tertiary/aromatic N) is 1. The second kappa shape index (κ2) is 4.61. The topological polar surface area (TPSA) is 62.2 Å². The first kappa shape index (κ1) is 11.1. The van der Waals surface area contributed by atoms with Crippen molar-refractivity contribution in [3.63, 3.8) is 0 Å². The summed E-state index contributed by atoms with van der Waals surface area (Å²) in [7, 11) is 0. The third-order valence-electron chi connectivity index (χ3n) is 2.86. The molecular formula is C12H16N2O2. The molecule has 86 valence electrons. The molecule has 4 nitrogen and oxygen atoms in total. The fraction of sp³-hybridized carbons (Fsp3) is 0.500. The van der Waals surface area contributed by atoms with Crippen molar-refractivity contribution in [2.75, 3.05) is 0 Å². The minimum Gasteiger partial charge on any atom is -0.480 e. The van der Waals surface area contributed by atoms with Gasteiger partial charge in [-0.05, 0) is 37.3 Å². The summed E-state index contributed by atoms with van der Waals surface area (Å²) >= 11 is 0. The quantitative estimate of drug-likeness (QED) is 0.786. The zero-order chi connectivity index (χ0) is 11.5. The lowest BCUT2D eigenvalue weighted by Gasteiger charge is -2.13. The summed E-state index contributed by atoms with van der Waals surface area (Å²) < 4.78 is 0. The second-order valence-corrected chi connectivity index (χ2v) is 4.34. The monoisotopic (exact) mass is 220 g/mol. The zero-order valence-electron chi connectivity index (χ0n) is 9.31. The van der Waals surface area contributed by atoms with Crippen LogP contribution in [0.4, 0.5) is 0 Å². The number of carboxylic acid groups (broad SMARTS) is 1. The second-order valence-electron chi connectivity index (χ2n) is 4.34. The highest BCUT2D eigenvalue weighted by atomic mass is 16.4. The highest BCUT2D eigenvalue weighted by Crippen LogP contribution is 2.32. The Balaban J connectivity index is 1.90. The van der Waals surface area contributed by atoms with E-state index in [1.54, 1.807) is 6.20 Å². The minimum atomic E-state index is -0.748. The molecule has 16 heavy (non-hydrogen) atoms. The average Bonchev–Trinajstić information content (AvgIpc) is 3.05. The molecular weight excluding hydrogens is 204 g/mol. The predicted molar refractivity (Wildman–Crippen MR) is 60.0 cm³/mol. The molecule has 1 unspecified atom stereocenters. The maximum absolute atomic E-state index is 11.0. The van der Waals surface area contributed by atoms with Gasteiger partial charge in [0.2, 0.25) is 0 Å². The molecule has 1 aromatic rings. The molecule has 0 aliphatic heterocycles. The van der Waals surface area contributed by atoms with Crippen molar-refractivity contribution in [1.29, 1.82) is 0 Å². The molecule has 1 aliphatic rings. The smallest absolute Gasteiger partial charge is 0.320 e. The van der Waals surface area contributed by atoms with Crippen LogP contribution < -0.4 is 5.32 Å². The van der Waals surface area contributed by atoms with Crippen LogP contribution in [-0.4, -0.2) is 22.1 Å². The van der Waals surface area contributed by atoms with Crippen LogP contribution in [0.3, 0.4) is 0 Å². The van der Waals surface area contributed by atoms with Crippen molar-refractivity contribution in [3.8, 4) is 0 Å². The number of aliphatic carboxylic acids is 1. The summed E-state index contributed by atoms with van der Waals surface area (Å²) in [5.74, 6) is -0.432. The first-order chi connectivity index (χ1) is 7.66. The zero-order valence-corrected chi connectivity index (χ0v) is 9.31. The summed E-state index contributed by atoms with van der Waals surface area (Å²) in [6, 6.07) is 3.51. The van der Waals surface area contributed by atoms with Crippen LogP contribution in [0.15, 0.2) is 18.3 Å². The summed E-state index contributed by atoms with van der Waals surface area (Å²) in [5, 5.41) is 12.1. The van der Waals surface area contributed by atoms with Crippen LogP contribution in [-0.2, 0) is 11.3 Å². The Morgan fingerprint density at radius 1 is 1.62 bits per heavy atom. The van der Waals surface area contributed by atoms with Crippen LogP contribution in [0.25, 0.3) is 0 Å². The molecule has 1 atom stereocenters. The van der Waals surface area contributed by atoms with E-state index in [0.29, 0.717) is 12.5 Å². The Bertz CT molecular complexity index is 371. The van der Waals surface area contributed by atoms with Crippen LogP contribution in [0.5, 0.6) is 0 Å². The van der Waals surface area contributed by atoms with Gasteiger partial charge in [0.1, 0.15) is 6.04 Å². The lowest BCUT2D eigenvalue weighted by Crippen LogP contribution is -2.38. The number of pyridine rings is 1. The molecule has 2 N–H and O–H groups in total. The molecule has 1 saturated carbocycles. The molecule has 1 aliphatic carbocycles. The van der Waals surface area contributed by atoms with E-state index in [2.05, 4.69) is 10.3 Å². The van der Waals surface area contributed by atoms with Gasteiger partial charge in [-0.3, -0.25) is 9.78 Å². The van der Waals surface area contributed by atoms with Gasteiger partial charge in [-0.2, -0.15) is 0 Å². The van der Waals surface area contributed by atoms with Gasteiger partial charge >= 0.3 is 5.97 Å². The molecule has 0 saturated heterocycles. The summed E-state index contributed by atoms with van der Waals surface area (Å²) in [6.45, 7) is 2.50. The first-order valence-corrected chi connectivity index (χ1v) is 5.54. The van der Waals surface area contributed by atoms with E-state index in [9.17, 15) is 4.79 Å². The normalized spacial score (nSPS) is 17.1. The number of hydrogen-bond donors (Lipinski definition) is 2. The molecule has 1 heterocycles.